The Balaban J connectivity index is 1.71. The topological polar surface area (TPSA) is 113 Å². The lowest BCUT2D eigenvalue weighted by Gasteiger charge is -2.23. The Morgan fingerprint density at radius 2 is 2.25 bits per heavy atom. The van der Waals surface area contributed by atoms with E-state index in [1.807, 2.05) is 0 Å². The molecule has 8 nitrogen and oxygen atoms in total. The fourth-order valence-corrected chi connectivity index (χ4v) is 2.51. The molecule has 1 saturated carbocycles. The van der Waals surface area contributed by atoms with Crippen molar-refractivity contribution in [3.63, 3.8) is 0 Å². The Morgan fingerprint density at radius 1 is 1.55 bits per heavy atom. The Morgan fingerprint density at radius 3 is 2.85 bits per heavy atom. The van der Waals surface area contributed by atoms with E-state index in [0.717, 1.165) is 31.9 Å². The van der Waals surface area contributed by atoms with Crippen LogP contribution >= 0.6 is 0 Å². The number of hydrogen-bond acceptors (Lipinski definition) is 6. The first-order valence-corrected chi connectivity index (χ1v) is 6.76. The van der Waals surface area contributed by atoms with Gasteiger partial charge in [-0.1, -0.05) is 12.8 Å². The third kappa shape index (κ3) is 3.99. The molecule has 1 aromatic rings. The molecule has 0 spiro atoms. The summed E-state index contributed by atoms with van der Waals surface area (Å²) in [6.07, 6.45) is 5.40. The van der Waals surface area contributed by atoms with Crippen molar-refractivity contribution in [1.82, 2.24) is 15.1 Å². The minimum atomic E-state index is -0.709. The molecule has 20 heavy (non-hydrogen) atoms. The molecule has 1 heterocycles. The van der Waals surface area contributed by atoms with Crippen molar-refractivity contribution in [3.8, 4) is 0 Å². The predicted octanol–water partition coefficient (Wildman–Crippen LogP) is 0.0469. The highest BCUT2D eigenvalue weighted by Crippen LogP contribution is 2.28. The number of aliphatic hydroxyl groups excluding tert-OH is 1. The van der Waals surface area contributed by atoms with E-state index in [1.165, 1.54) is 10.9 Å². The molecule has 112 valence electrons. The van der Waals surface area contributed by atoms with E-state index in [4.69, 9.17) is 0 Å². The van der Waals surface area contributed by atoms with Gasteiger partial charge in [-0.3, -0.25) is 14.8 Å². The molecule has 0 saturated heterocycles. The molecule has 1 fully saturated rings. The smallest absolute Gasteiger partial charge is 0.306 e. The van der Waals surface area contributed by atoms with E-state index in [9.17, 15) is 20.3 Å². The standard InChI is InChI=1S/C12H20N4O4/c17-11(6-13-9-12(18)3-1-2-4-12)8-15-7-10(5-14-15)16(19)20/h5,7,11,13,17-18H,1-4,6,8-9H2. The SMILES string of the molecule is O=[N+]([O-])c1cnn(CC(O)CNCC2(O)CCCC2)c1. The van der Waals surface area contributed by atoms with Crippen LogP contribution in [0.1, 0.15) is 25.7 Å². The predicted molar refractivity (Wildman–Crippen MR) is 71.2 cm³/mol. The quantitative estimate of drug-likeness (QED) is 0.481. The largest absolute Gasteiger partial charge is 0.390 e. The zero-order valence-electron chi connectivity index (χ0n) is 11.2. The van der Waals surface area contributed by atoms with Crippen molar-refractivity contribution < 1.29 is 15.1 Å². The van der Waals surface area contributed by atoms with E-state index in [-0.39, 0.29) is 12.2 Å². The molecule has 0 aromatic carbocycles. The fourth-order valence-electron chi connectivity index (χ4n) is 2.51. The van der Waals surface area contributed by atoms with Gasteiger partial charge in [0, 0.05) is 13.1 Å². The lowest BCUT2D eigenvalue weighted by molar-refractivity contribution is -0.385. The zero-order chi connectivity index (χ0) is 14.6. The summed E-state index contributed by atoms with van der Waals surface area (Å²) in [6, 6.07) is 0. The summed E-state index contributed by atoms with van der Waals surface area (Å²) in [5.74, 6) is 0. The maximum atomic E-state index is 10.5. The van der Waals surface area contributed by atoms with Crippen LogP contribution in [-0.4, -0.2) is 49.7 Å². The maximum Gasteiger partial charge on any atom is 0.306 e. The molecule has 0 aliphatic heterocycles. The summed E-state index contributed by atoms with van der Waals surface area (Å²) < 4.78 is 1.34. The number of aliphatic hydroxyl groups is 2. The number of hydrogen-bond donors (Lipinski definition) is 3. The van der Waals surface area contributed by atoms with Crippen LogP contribution in [0.4, 0.5) is 5.69 Å². The molecule has 2 rings (SSSR count). The van der Waals surface area contributed by atoms with Gasteiger partial charge in [-0.15, -0.1) is 0 Å². The summed E-state index contributed by atoms with van der Waals surface area (Å²) in [4.78, 5) is 9.98. The molecule has 0 radical (unpaired) electrons. The first-order chi connectivity index (χ1) is 9.48. The minimum Gasteiger partial charge on any atom is -0.390 e. The average Bonchev–Trinajstić information content (AvgIpc) is 2.99. The van der Waals surface area contributed by atoms with Crippen LogP contribution in [0.5, 0.6) is 0 Å². The molecule has 0 amide bonds. The van der Waals surface area contributed by atoms with Gasteiger partial charge in [0.2, 0.25) is 0 Å². The van der Waals surface area contributed by atoms with Gasteiger partial charge in [0.15, 0.2) is 0 Å². The normalized spacial score (nSPS) is 19.1. The van der Waals surface area contributed by atoms with Gasteiger partial charge in [0.25, 0.3) is 0 Å². The highest BCUT2D eigenvalue weighted by atomic mass is 16.6. The molecule has 3 N–H and O–H groups in total. The fraction of sp³-hybridized carbons (Fsp3) is 0.750. The Labute approximate surface area is 116 Å². The van der Waals surface area contributed by atoms with E-state index >= 15 is 0 Å². The van der Waals surface area contributed by atoms with Crippen LogP contribution in [-0.2, 0) is 6.54 Å². The number of nitro groups is 1. The van der Waals surface area contributed by atoms with Crippen LogP contribution in [0.2, 0.25) is 0 Å². The van der Waals surface area contributed by atoms with Crippen LogP contribution in [0.3, 0.4) is 0 Å². The molecule has 1 atom stereocenters. The van der Waals surface area contributed by atoms with Crippen molar-refractivity contribution in [3.05, 3.63) is 22.5 Å². The summed E-state index contributed by atoms with van der Waals surface area (Å²) in [5.41, 5.74) is -0.741. The maximum absolute atomic E-state index is 10.5. The van der Waals surface area contributed by atoms with Crippen molar-refractivity contribution in [1.29, 1.82) is 0 Å². The Bertz CT molecular complexity index is 456. The Hall–Kier alpha value is -1.51. The van der Waals surface area contributed by atoms with Crippen LogP contribution < -0.4 is 5.32 Å². The number of nitrogens with one attached hydrogen (secondary N) is 1. The first kappa shape index (κ1) is 14.9. The van der Waals surface area contributed by atoms with Crippen LogP contribution in [0, 0.1) is 10.1 Å². The second-order valence-corrected chi connectivity index (χ2v) is 5.39. The average molecular weight is 284 g/mol. The van der Waals surface area contributed by atoms with Crippen LogP contribution in [0.25, 0.3) is 0 Å². The van der Waals surface area contributed by atoms with Gasteiger partial charge < -0.3 is 15.5 Å². The first-order valence-electron chi connectivity index (χ1n) is 6.76. The third-order valence-corrected chi connectivity index (χ3v) is 3.60. The van der Waals surface area contributed by atoms with Crippen molar-refractivity contribution in [2.24, 2.45) is 0 Å². The molecule has 8 heteroatoms. The second-order valence-electron chi connectivity index (χ2n) is 5.39. The summed E-state index contributed by atoms with van der Waals surface area (Å²) in [5, 5.41) is 37.3. The third-order valence-electron chi connectivity index (χ3n) is 3.60. The summed E-state index contributed by atoms with van der Waals surface area (Å²) in [7, 11) is 0. The van der Waals surface area contributed by atoms with Gasteiger partial charge in [0.05, 0.1) is 23.2 Å². The highest BCUT2D eigenvalue weighted by molar-refractivity contribution is 5.20. The second kappa shape index (κ2) is 6.29. The summed E-state index contributed by atoms with van der Waals surface area (Å²) in [6.45, 7) is 0.957. The van der Waals surface area contributed by atoms with Gasteiger partial charge in [-0.25, -0.2) is 0 Å². The van der Waals surface area contributed by atoms with Gasteiger partial charge in [-0.05, 0) is 12.8 Å². The number of rotatable bonds is 7. The van der Waals surface area contributed by atoms with Gasteiger partial charge in [-0.2, -0.15) is 5.10 Å². The monoisotopic (exact) mass is 284 g/mol. The number of nitrogens with zero attached hydrogens (tertiary/aromatic N) is 3. The molecular weight excluding hydrogens is 264 g/mol. The zero-order valence-corrected chi connectivity index (χ0v) is 11.2. The van der Waals surface area contributed by atoms with E-state index in [0.29, 0.717) is 13.1 Å². The van der Waals surface area contributed by atoms with Crippen molar-refractivity contribution >= 4 is 5.69 Å². The summed E-state index contributed by atoms with van der Waals surface area (Å²) >= 11 is 0. The number of aromatic nitrogens is 2. The molecular formula is C12H20N4O4. The lowest BCUT2D eigenvalue weighted by atomic mass is 10.0. The van der Waals surface area contributed by atoms with E-state index < -0.39 is 16.6 Å². The van der Waals surface area contributed by atoms with E-state index in [1.54, 1.807) is 0 Å². The van der Waals surface area contributed by atoms with Crippen molar-refractivity contribution in [2.75, 3.05) is 13.1 Å². The minimum absolute atomic E-state index is 0.0922. The van der Waals surface area contributed by atoms with Crippen LogP contribution in [0.15, 0.2) is 12.4 Å². The Kier molecular flexibility index (Phi) is 4.69. The van der Waals surface area contributed by atoms with Gasteiger partial charge in [0.1, 0.15) is 12.4 Å². The lowest BCUT2D eigenvalue weighted by Crippen LogP contribution is -2.41. The van der Waals surface area contributed by atoms with Crippen molar-refractivity contribution in [2.45, 2.75) is 43.9 Å². The molecule has 1 aliphatic rings. The van der Waals surface area contributed by atoms with Gasteiger partial charge >= 0.3 is 5.69 Å². The highest BCUT2D eigenvalue weighted by Gasteiger charge is 2.30. The van der Waals surface area contributed by atoms with E-state index in [2.05, 4.69) is 10.4 Å². The molecule has 1 unspecified atom stereocenters. The molecule has 1 aromatic heterocycles. The molecule has 0 bridgehead atoms. The molecule has 1 aliphatic carbocycles.